The SMILES string of the molecule is Cc1ccc(NC(=O)c2cc3cc(Cl)ccc3n2NC(=O)C(=O)NCCCOC(C)C)c(Br)c1. The fraction of sp³-hybridized carbons (Fsp3) is 0.292. The molecule has 3 aromatic rings. The lowest BCUT2D eigenvalue weighted by molar-refractivity contribution is -0.136. The molecule has 0 saturated heterocycles. The molecule has 3 N–H and O–H groups in total. The van der Waals surface area contributed by atoms with Gasteiger partial charge in [0.1, 0.15) is 5.69 Å². The van der Waals surface area contributed by atoms with Crippen molar-refractivity contribution < 1.29 is 19.1 Å². The Labute approximate surface area is 211 Å². The van der Waals surface area contributed by atoms with E-state index in [-0.39, 0.29) is 18.3 Å². The van der Waals surface area contributed by atoms with Crippen molar-refractivity contribution in [2.75, 3.05) is 23.9 Å². The number of ether oxygens (including phenoxy) is 1. The van der Waals surface area contributed by atoms with Crippen molar-refractivity contribution in [1.82, 2.24) is 9.99 Å². The number of aromatic nitrogens is 1. The van der Waals surface area contributed by atoms with Crippen LogP contribution in [0.2, 0.25) is 5.02 Å². The first-order valence-corrected chi connectivity index (χ1v) is 11.9. The summed E-state index contributed by atoms with van der Waals surface area (Å²) in [6.07, 6.45) is 0.668. The summed E-state index contributed by atoms with van der Waals surface area (Å²) in [5.74, 6) is -2.18. The summed E-state index contributed by atoms with van der Waals surface area (Å²) >= 11 is 9.55. The van der Waals surface area contributed by atoms with Crippen molar-refractivity contribution >= 4 is 61.8 Å². The molecule has 1 aromatic heterocycles. The van der Waals surface area contributed by atoms with E-state index in [0.717, 1.165) is 10.0 Å². The van der Waals surface area contributed by atoms with Crippen molar-refractivity contribution in [3.63, 3.8) is 0 Å². The minimum Gasteiger partial charge on any atom is -0.379 e. The maximum absolute atomic E-state index is 13.1. The van der Waals surface area contributed by atoms with E-state index in [4.69, 9.17) is 16.3 Å². The number of amides is 3. The highest BCUT2D eigenvalue weighted by atomic mass is 79.9. The normalized spacial score (nSPS) is 11.0. The first kappa shape index (κ1) is 25.7. The molecule has 180 valence electrons. The van der Waals surface area contributed by atoms with Gasteiger partial charge in [-0.05, 0) is 85.1 Å². The van der Waals surface area contributed by atoms with Crippen LogP contribution in [-0.2, 0) is 14.3 Å². The fourth-order valence-corrected chi connectivity index (χ4v) is 3.98. The van der Waals surface area contributed by atoms with Gasteiger partial charge in [0.2, 0.25) is 0 Å². The Morgan fingerprint density at radius 1 is 1.09 bits per heavy atom. The number of nitrogens with one attached hydrogen (secondary N) is 3. The molecule has 0 spiro atoms. The van der Waals surface area contributed by atoms with Crippen molar-refractivity contribution in [3.8, 4) is 0 Å². The van der Waals surface area contributed by atoms with E-state index in [1.54, 1.807) is 30.3 Å². The second-order valence-corrected chi connectivity index (χ2v) is 9.27. The molecule has 3 amide bonds. The number of hydrogen-bond acceptors (Lipinski definition) is 4. The van der Waals surface area contributed by atoms with Gasteiger partial charge in [-0.3, -0.25) is 19.8 Å². The third kappa shape index (κ3) is 6.59. The van der Waals surface area contributed by atoms with Crippen LogP contribution in [0.4, 0.5) is 5.69 Å². The molecule has 0 fully saturated rings. The van der Waals surface area contributed by atoms with Gasteiger partial charge < -0.3 is 15.4 Å². The van der Waals surface area contributed by atoms with Gasteiger partial charge in [0.25, 0.3) is 5.91 Å². The molecule has 0 saturated carbocycles. The molecule has 0 aliphatic heterocycles. The molecule has 1 heterocycles. The van der Waals surface area contributed by atoms with Gasteiger partial charge in [0, 0.05) is 28.0 Å². The number of carbonyl (C=O) groups is 3. The number of nitrogens with zero attached hydrogens (tertiary/aromatic N) is 1. The smallest absolute Gasteiger partial charge is 0.328 e. The van der Waals surface area contributed by atoms with Gasteiger partial charge >= 0.3 is 11.8 Å². The molecule has 3 rings (SSSR count). The van der Waals surface area contributed by atoms with E-state index >= 15 is 0 Å². The predicted octanol–water partition coefficient (Wildman–Crippen LogP) is 4.62. The predicted molar refractivity (Wildman–Crippen MR) is 137 cm³/mol. The van der Waals surface area contributed by atoms with Crippen LogP contribution in [0.5, 0.6) is 0 Å². The van der Waals surface area contributed by atoms with E-state index in [9.17, 15) is 14.4 Å². The summed E-state index contributed by atoms with van der Waals surface area (Å²) < 4.78 is 7.42. The average molecular weight is 550 g/mol. The molecule has 8 nitrogen and oxygen atoms in total. The Morgan fingerprint density at radius 2 is 1.85 bits per heavy atom. The first-order chi connectivity index (χ1) is 16.2. The number of benzene rings is 2. The highest BCUT2D eigenvalue weighted by Crippen LogP contribution is 2.26. The van der Waals surface area contributed by atoms with Crippen LogP contribution in [0.3, 0.4) is 0 Å². The van der Waals surface area contributed by atoms with E-state index in [2.05, 4.69) is 32.0 Å². The summed E-state index contributed by atoms with van der Waals surface area (Å²) in [7, 11) is 0. The molecule has 0 aliphatic carbocycles. The minimum absolute atomic E-state index is 0.0969. The number of aryl methyl sites for hydroxylation is 1. The summed E-state index contributed by atoms with van der Waals surface area (Å²) in [6.45, 7) is 6.55. The Bertz CT molecular complexity index is 1230. The highest BCUT2D eigenvalue weighted by molar-refractivity contribution is 9.10. The molecule has 0 unspecified atom stereocenters. The molecule has 2 aromatic carbocycles. The molecule has 0 radical (unpaired) electrons. The van der Waals surface area contributed by atoms with Gasteiger partial charge in [-0.25, -0.2) is 4.68 Å². The van der Waals surface area contributed by atoms with Crippen molar-refractivity contribution in [2.45, 2.75) is 33.3 Å². The van der Waals surface area contributed by atoms with Crippen LogP contribution in [0.25, 0.3) is 10.9 Å². The molecule has 10 heteroatoms. The Hall–Kier alpha value is -2.88. The van der Waals surface area contributed by atoms with Crippen molar-refractivity contribution in [1.29, 1.82) is 0 Å². The largest absolute Gasteiger partial charge is 0.379 e. The van der Waals surface area contributed by atoms with Crippen molar-refractivity contribution in [3.05, 3.63) is 63.2 Å². The van der Waals surface area contributed by atoms with Crippen LogP contribution in [-0.4, -0.2) is 41.7 Å². The topological polar surface area (TPSA) is 101 Å². The van der Waals surface area contributed by atoms with Crippen LogP contribution in [0, 0.1) is 6.92 Å². The Balaban J connectivity index is 1.79. The summed E-state index contributed by atoms with van der Waals surface area (Å²) in [4.78, 5) is 38.0. The monoisotopic (exact) mass is 548 g/mol. The minimum atomic E-state index is -0.900. The highest BCUT2D eigenvalue weighted by Gasteiger charge is 2.21. The average Bonchev–Trinajstić information content (AvgIpc) is 3.12. The second kappa shape index (κ2) is 11.5. The van der Waals surface area contributed by atoms with Gasteiger partial charge in [0.15, 0.2) is 0 Å². The Morgan fingerprint density at radius 3 is 2.56 bits per heavy atom. The zero-order valence-corrected chi connectivity index (χ0v) is 21.4. The number of fused-ring (bicyclic) bond motifs is 1. The summed E-state index contributed by atoms with van der Waals surface area (Å²) in [5.41, 5.74) is 4.77. The van der Waals surface area contributed by atoms with Crippen LogP contribution >= 0.6 is 27.5 Å². The molecular weight excluding hydrogens is 524 g/mol. The lowest BCUT2D eigenvalue weighted by atomic mass is 10.2. The third-order valence-electron chi connectivity index (χ3n) is 4.85. The molecule has 0 atom stereocenters. The number of carbonyl (C=O) groups excluding carboxylic acids is 3. The maximum Gasteiger partial charge on any atom is 0.328 e. The van der Waals surface area contributed by atoms with Crippen molar-refractivity contribution in [2.24, 2.45) is 0 Å². The van der Waals surface area contributed by atoms with Crippen LogP contribution in [0.1, 0.15) is 36.3 Å². The Kier molecular flexibility index (Phi) is 8.71. The van der Waals surface area contributed by atoms with E-state index in [1.807, 2.05) is 32.9 Å². The van der Waals surface area contributed by atoms with Gasteiger partial charge in [-0.1, -0.05) is 17.7 Å². The van der Waals surface area contributed by atoms with Gasteiger partial charge in [0.05, 0.1) is 17.3 Å². The summed E-state index contributed by atoms with van der Waals surface area (Å²) in [6, 6.07) is 12.1. The van der Waals surface area contributed by atoms with E-state index in [0.29, 0.717) is 34.6 Å². The standard InChI is InChI=1S/C24H26BrClN4O4/c1-14(2)34-10-4-9-27-23(32)24(33)29-30-20-8-6-17(26)12-16(20)13-21(30)22(31)28-19-7-5-15(3)11-18(19)25/h5-8,11-14H,4,9-10H2,1-3H3,(H,27,32)(H,28,31)(H,29,33). The molecule has 0 aliphatic rings. The van der Waals surface area contributed by atoms with E-state index < -0.39 is 17.7 Å². The lowest BCUT2D eigenvalue weighted by Crippen LogP contribution is -2.40. The molecule has 0 bridgehead atoms. The quantitative estimate of drug-likeness (QED) is 0.282. The second-order valence-electron chi connectivity index (χ2n) is 7.98. The van der Waals surface area contributed by atoms with E-state index in [1.165, 1.54) is 4.68 Å². The zero-order chi connectivity index (χ0) is 24.8. The van der Waals surface area contributed by atoms with Gasteiger partial charge in [-0.2, -0.15) is 0 Å². The number of anilines is 1. The lowest BCUT2D eigenvalue weighted by Gasteiger charge is -2.13. The number of hydrogen-bond donors (Lipinski definition) is 3. The zero-order valence-electron chi connectivity index (χ0n) is 19.1. The molecule has 34 heavy (non-hydrogen) atoms. The fourth-order valence-electron chi connectivity index (χ4n) is 3.21. The van der Waals surface area contributed by atoms with Gasteiger partial charge in [-0.15, -0.1) is 0 Å². The summed E-state index contributed by atoms with van der Waals surface area (Å²) in [5, 5.41) is 6.49. The number of rotatable bonds is 8. The van der Waals surface area contributed by atoms with Crippen LogP contribution < -0.4 is 16.1 Å². The number of halogens is 2. The maximum atomic E-state index is 13.1. The first-order valence-electron chi connectivity index (χ1n) is 10.7. The molecular formula is C24H26BrClN4O4. The van der Waals surface area contributed by atoms with Crippen LogP contribution in [0.15, 0.2) is 46.9 Å². The third-order valence-corrected chi connectivity index (χ3v) is 5.74.